The van der Waals surface area contributed by atoms with E-state index in [0.717, 1.165) is 0 Å². The lowest BCUT2D eigenvalue weighted by Gasteiger charge is -2.36. The van der Waals surface area contributed by atoms with Crippen molar-refractivity contribution in [1.82, 2.24) is 4.90 Å². The molecular formula is C16H20BrFN2O4. The van der Waals surface area contributed by atoms with Crippen LogP contribution in [0.2, 0.25) is 0 Å². The molecule has 0 saturated carbocycles. The van der Waals surface area contributed by atoms with E-state index < -0.39 is 17.4 Å². The first kappa shape index (κ1) is 18.5. The summed E-state index contributed by atoms with van der Waals surface area (Å²) in [5.41, 5.74) is -0.353. The number of hydrogen-bond donors (Lipinski definition) is 1. The van der Waals surface area contributed by atoms with Crippen LogP contribution in [-0.4, -0.2) is 53.8 Å². The van der Waals surface area contributed by atoms with Crippen molar-refractivity contribution in [3.63, 3.8) is 0 Å². The molecule has 0 aliphatic carbocycles. The Balaban J connectivity index is 2.05. The summed E-state index contributed by atoms with van der Waals surface area (Å²) in [5, 5.41) is 8.99. The Labute approximate surface area is 148 Å². The molecule has 0 atom stereocenters. The number of nitrogens with zero attached hydrogens (tertiary/aromatic N) is 2. The van der Waals surface area contributed by atoms with E-state index in [1.54, 1.807) is 11.0 Å². The average Bonchev–Trinajstić information content (AvgIpc) is 2.44. The van der Waals surface area contributed by atoms with Gasteiger partial charge in [-0.25, -0.2) is 14.0 Å². The van der Waals surface area contributed by atoms with E-state index in [9.17, 15) is 14.0 Å². The fourth-order valence-electron chi connectivity index (χ4n) is 2.42. The van der Waals surface area contributed by atoms with Gasteiger partial charge in [0.1, 0.15) is 17.0 Å². The van der Waals surface area contributed by atoms with E-state index in [1.165, 1.54) is 6.07 Å². The summed E-state index contributed by atoms with van der Waals surface area (Å²) >= 11 is 3.10. The zero-order valence-electron chi connectivity index (χ0n) is 13.8. The largest absolute Gasteiger partial charge is 0.478 e. The van der Waals surface area contributed by atoms with Crippen LogP contribution in [0.4, 0.5) is 14.9 Å². The zero-order chi connectivity index (χ0) is 18.1. The third kappa shape index (κ3) is 4.37. The number of hydrogen-bond acceptors (Lipinski definition) is 4. The Hall–Kier alpha value is -1.83. The molecule has 1 amide bonds. The second-order valence-corrected chi connectivity index (χ2v) is 7.40. The van der Waals surface area contributed by atoms with Crippen molar-refractivity contribution in [3.8, 4) is 0 Å². The molecule has 1 aromatic carbocycles. The minimum Gasteiger partial charge on any atom is -0.478 e. The van der Waals surface area contributed by atoms with Gasteiger partial charge in [0, 0.05) is 36.3 Å². The third-order valence-electron chi connectivity index (χ3n) is 3.54. The number of carboxylic acids is 1. The predicted molar refractivity (Wildman–Crippen MR) is 91.1 cm³/mol. The highest BCUT2D eigenvalue weighted by Gasteiger charge is 2.27. The number of carbonyl (C=O) groups excluding carboxylic acids is 1. The summed E-state index contributed by atoms with van der Waals surface area (Å²) in [4.78, 5) is 26.6. The molecule has 0 aromatic heterocycles. The smallest absolute Gasteiger partial charge is 0.410 e. The van der Waals surface area contributed by atoms with Crippen LogP contribution < -0.4 is 4.90 Å². The van der Waals surface area contributed by atoms with Crippen LogP contribution >= 0.6 is 15.9 Å². The summed E-state index contributed by atoms with van der Waals surface area (Å²) in [6, 6.07) is 2.78. The highest BCUT2D eigenvalue weighted by Crippen LogP contribution is 2.28. The lowest BCUT2D eigenvalue weighted by Crippen LogP contribution is -2.50. The Morgan fingerprint density at radius 2 is 1.79 bits per heavy atom. The second-order valence-electron chi connectivity index (χ2n) is 6.54. The van der Waals surface area contributed by atoms with Gasteiger partial charge in [-0.05, 0) is 48.8 Å². The van der Waals surface area contributed by atoms with Crippen molar-refractivity contribution in [1.29, 1.82) is 0 Å². The third-order valence-corrected chi connectivity index (χ3v) is 4.16. The van der Waals surface area contributed by atoms with Gasteiger partial charge < -0.3 is 19.6 Å². The molecule has 0 unspecified atom stereocenters. The number of aromatic carboxylic acids is 1. The summed E-state index contributed by atoms with van der Waals surface area (Å²) in [7, 11) is 0. The number of anilines is 1. The van der Waals surface area contributed by atoms with Crippen LogP contribution in [0.15, 0.2) is 16.6 Å². The van der Waals surface area contributed by atoms with Crippen molar-refractivity contribution in [2.45, 2.75) is 26.4 Å². The maximum atomic E-state index is 14.0. The van der Waals surface area contributed by atoms with Crippen LogP contribution in [0.25, 0.3) is 0 Å². The lowest BCUT2D eigenvalue weighted by molar-refractivity contribution is 0.0240. The van der Waals surface area contributed by atoms with Gasteiger partial charge in [0.15, 0.2) is 0 Å². The van der Waals surface area contributed by atoms with E-state index in [2.05, 4.69) is 15.9 Å². The number of rotatable bonds is 2. The molecule has 1 aliphatic rings. The van der Waals surface area contributed by atoms with Gasteiger partial charge in [-0.2, -0.15) is 0 Å². The molecule has 1 N–H and O–H groups in total. The quantitative estimate of drug-likeness (QED) is 0.821. The molecule has 1 aromatic rings. The molecule has 0 radical (unpaired) electrons. The molecule has 24 heavy (non-hydrogen) atoms. The van der Waals surface area contributed by atoms with E-state index >= 15 is 0 Å². The van der Waals surface area contributed by atoms with Gasteiger partial charge >= 0.3 is 12.1 Å². The Morgan fingerprint density at radius 3 is 2.25 bits per heavy atom. The number of piperazine rings is 1. The Morgan fingerprint density at radius 1 is 1.21 bits per heavy atom. The SMILES string of the molecule is CC(C)(C)OC(=O)N1CCN(c2cc(F)c(C(=O)O)c(Br)c2)CC1. The van der Waals surface area contributed by atoms with Crippen LogP contribution in [-0.2, 0) is 4.74 Å². The molecule has 1 saturated heterocycles. The van der Waals surface area contributed by atoms with Gasteiger partial charge in [0.05, 0.1) is 0 Å². The molecule has 0 spiro atoms. The minimum atomic E-state index is -1.32. The number of carboxylic acid groups (broad SMARTS) is 1. The van der Waals surface area contributed by atoms with Crippen molar-refractivity contribution in [2.24, 2.45) is 0 Å². The number of ether oxygens (including phenoxy) is 1. The average molecular weight is 403 g/mol. The topological polar surface area (TPSA) is 70.1 Å². The van der Waals surface area contributed by atoms with E-state index in [0.29, 0.717) is 31.9 Å². The van der Waals surface area contributed by atoms with Crippen molar-refractivity contribution in [3.05, 3.63) is 28.0 Å². The summed E-state index contributed by atoms with van der Waals surface area (Å²) in [6.07, 6.45) is -0.365. The van der Waals surface area contributed by atoms with Gasteiger partial charge in [-0.15, -0.1) is 0 Å². The molecule has 1 aliphatic heterocycles. The normalized spacial score (nSPS) is 15.4. The lowest BCUT2D eigenvalue weighted by atomic mass is 10.1. The van der Waals surface area contributed by atoms with Crippen LogP contribution in [0, 0.1) is 5.82 Å². The van der Waals surface area contributed by atoms with Crippen molar-refractivity contribution in [2.75, 3.05) is 31.1 Å². The first-order valence-electron chi connectivity index (χ1n) is 7.53. The molecule has 132 valence electrons. The van der Waals surface area contributed by atoms with Gasteiger partial charge in [-0.1, -0.05) is 0 Å². The van der Waals surface area contributed by atoms with E-state index in [1.807, 2.05) is 25.7 Å². The molecular weight excluding hydrogens is 383 g/mol. The maximum absolute atomic E-state index is 14.0. The number of benzene rings is 1. The van der Waals surface area contributed by atoms with Crippen LogP contribution in [0.3, 0.4) is 0 Å². The van der Waals surface area contributed by atoms with Crippen LogP contribution in [0.1, 0.15) is 31.1 Å². The van der Waals surface area contributed by atoms with Crippen molar-refractivity contribution < 1.29 is 23.8 Å². The molecule has 2 rings (SSSR count). The predicted octanol–water partition coefficient (Wildman–Crippen LogP) is 3.34. The molecule has 1 fully saturated rings. The monoisotopic (exact) mass is 402 g/mol. The standard InChI is InChI=1S/C16H20BrFN2O4/c1-16(2,3)24-15(23)20-6-4-19(5-7-20)10-8-11(17)13(14(21)22)12(18)9-10/h8-9H,4-7H2,1-3H3,(H,21,22). The van der Waals surface area contributed by atoms with Crippen LogP contribution in [0.5, 0.6) is 0 Å². The van der Waals surface area contributed by atoms with Gasteiger partial charge in [0.25, 0.3) is 0 Å². The second kappa shape index (κ2) is 6.96. The fourth-order valence-corrected chi connectivity index (χ4v) is 3.01. The van der Waals surface area contributed by atoms with Crippen molar-refractivity contribution >= 4 is 33.7 Å². The molecule has 8 heteroatoms. The maximum Gasteiger partial charge on any atom is 0.410 e. The number of amides is 1. The number of halogens is 2. The Bertz CT molecular complexity index is 629. The Kier molecular flexibility index (Phi) is 5.37. The van der Waals surface area contributed by atoms with E-state index in [-0.39, 0.29) is 16.1 Å². The molecule has 0 bridgehead atoms. The van der Waals surface area contributed by atoms with Gasteiger partial charge in [-0.3, -0.25) is 0 Å². The molecule has 1 heterocycles. The van der Waals surface area contributed by atoms with Gasteiger partial charge in [0.2, 0.25) is 0 Å². The summed E-state index contributed by atoms with van der Waals surface area (Å²) in [6.45, 7) is 7.36. The number of carbonyl (C=O) groups is 2. The minimum absolute atomic E-state index is 0.194. The molecule has 6 nitrogen and oxygen atoms in total. The van der Waals surface area contributed by atoms with E-state index in [4.69, 9.17) is 9.84 Å². The fraction of sp³-hybridized carbons (Fsp3) is 0.500. The first-order chi connectivity index (χ1) is 11.1. The first-order valence-corrected chi connectivity index (χ1v) is 8.33. The summed E-state index contributed by atoms with van der Waals surface area (Å²) < 4.78 is 19.5. The highest BCUT2D eigenvalue weighted by atomic mass is 79.9. The summed E-state index contributed by atoms with van der Waals surface area (Å²) in [5.74, 6) is -2.11. The zero-order valence-corrected chi connectivity index (χ0v) is 15.4. The highest BCUT2D eigenvalue weighted by molar-refractivity contribution is 9.10.